The lowest BCUT2D eigenvalue weighted by molar-refractivity contribution is 0.627. The molecule has 1 N–H and O–H groups in total. The van der Waals surface area contributed by atoms with E-state index in [1.165, 1.54) is 12.1 Å². The number of nitrogens with zero attached hydrogens (tertiary/aromatic N) is 3. The van der Waals surface area contributed by atoms with Gasteiger partial charge in [0.15, 0.2) is 0 Å². The number of anilines is 1. The zero-order valence-corrected chi connectivity index (χ0v) is 12.6. The van der Waals surface area contributed by atoms with Crippen LogP contribution < -0.4 is 5.32 Å². The highest BCUT2D eigenvalue weighted by Crippen LogP contribution is 2.23. The molecule has 0 aliphatic heterocycles. The molecular weight excluding hydrogens is 335 g/mol. The summed E-state index contributed by atoms with van der Waals surface area (Å²) >= 11 is 3.32. The third-order valence-corrected chi connectivity index (χ3v) is 3.57. The molecule has 3 rings (SSSR count). The summed E-state index contributed by atoms with van der Waals surface area (Å²) in [6.07, 6.45) is 1.71. The molecule has 0 saturated heterocycles. The lowest BCUT2D eigenvalue weighted by Crippen LogP contribution is -2.03. The van der Waals surface area contributed by atoms with E-state index in [-0.39, 0.29) is 5.82 Å². The minimum Gasteiger partial charge on any atom is -0.378 e. The summed E-state index contributed by atoms with van der Waals surface area (Å²) in [5, 5.41) is 11.8. The van der Waals surface area contributed by atoms with Crippen molar-refractivity contribution in [3.63, 3.8) is 0 Å². The SMILES string of the molecule is Fc1ccc(NCc2cnn(-c3ccccc3)n2)c(Br)c1. The molecule has 0 radical (unpaired) electrons. The molecule has 3 aromatic rings. The summed E-state index contributed by atoms with van der Waals surface area (Å²) in [6, 6.07) is 14.2. The van der Waals surface area contributed by atoms with Crippen LogP contribution >= 0.6 is 15.9 Å². The van der Waals surface area contributed by atoms with Gasteiger partial charge < -0.3 is 5.32 Å². The van der Waals surface area contributed by atoms with E-state index < -0.39 is 0 Å². The van der Waals surface area contributed by atoms with Gasteiger partial charge in [-0.1, -0.05) is 18.2 Å². The van der Waals surface area contributed by atoms with Gasteiger partial charge in [-0.05, 0) is 46.3 Å². The molecule has 1 aromatic heterocycles. The lowest BCUT2D eigenvalue weighted by Gasteiger charge is -2.06. The van der Waals surface area contributed by atoms with Gasteiger partial charge in [-0.15, -0.1) is 0 Å². The van der Waals surface area contributed by atoms with E-state index in [0.29, 0.717) is 11.0 Å². The second-order valence-electron chi connectivity index (χ2n) is 4.44. The summed E-state index contributed by atoms with van der Waals surface area (Å²) in [4.78, 5) is 1.58. The van der Waals surface area contributed by atoms with Crippen LogP contribution in [-0.2, 0) is 6.54 Å². The maximum Gasteiger partial charge on any atom is 0.124 e. The minimum atomic E-state index is -0.276. The monoisotopic (exact) mass is 346 g/mol. The molecular formula is C15H12BrFN4. The molecule has 0 fully saturated rings. The zero-order valence-electron chi connectivity index (χ0n) is 11.0. The van der Waals surface area contributed by atoms with Crippen LogP contribution in [0.3, 0.4) is 0 Å². The number of halogens is 2. The maximum absolute atomic E-state index is 13.0. The van der Waals surface area contributed by atoms with Crippen molar-refractivity contribution in [1.82, 2.24) is 15.0 Å². The number of nitrogens with one attached hydrogen (secondary N) is 1. The molecule has 0 aliphatic carbocycles. The quantitative estimate of drug-likeness (QED) is 0.781. The minimum absolute atomic E-state index is 0.276. The Balaban J connectivity index is 1.70. The lowest BCUT2D eigenvalue weighted by atomic mass is 10.3. The van der Waals surface area contributed by atoms with Gasteiger partial charge in [0.25, 0.3) is 0 Å². The molecule has 0 unspecified atom stereocenters. The Morgan fingerprint density at radius 3 is 2.71 bits per heavy atom. The zero-order chi connectivity index (χ0) is 14.7. The van der Waals surface area contributed by atoms with Crippen LogP contribution in [0.4, 0.5) is 10.1 Å². The predicted molar refractivity (Wildman–Crippen MR) is 82.8 cm³/mol. The number of rotatable bonds is 4. The van der Waals surface area contributed by atoms with E-state index in [1.807, 2.05) is 30.3 Å². The van der Waals surface area contributed by atoms with Crippen molar-refractivity contribution < 1.29 is 4.39 Å². The third kappa shape index (κ3) is 3.28. The van der Waals surface area contributed by atoms with E-state index >= 15 is 0 Å². The Morgan fingerprint density at radius 1 is 1.14 bits per heavy atom. The van der Waals surface area contributed by atoms with Gasteiger partial charge in [-0.2, -0.15) is 15.0 Å². The average molecular weight is 347 g/mol. The van der Waals surface area contributed by atoms with Crippen LogP contribution in [0.1, 0.15) is 5.69 Å². The van der Waals surface area contributed by atoms with Crippen LogP contribution in [0.5, 0.6) is 0 Å². The first-order chi connectivity index (χ1) is 10.2. The van der Waals surface area contributed by atoms with Gasteiger partial charge in [0.1, 0.15) is 11.5 Å². The Bertz CT molecular complexity index is 742. The molecule has 0 atom stereocenters. The fourth-order valence-electron chi connectivity index (χ4n) is 1.88. The summed E-state index contributed by atoms with van der Waals surface area (Å²) in [5.74, 6) is -0.276. The Hall–Kier alpha value is -2.21. The second-order valence-corrected chi connectivity index (χ2v) is 5.29. The molecule has 0 saturated carbocycles. The molecule has 4 nitrogen and oxygen atoms in total. The molecule has 21 heavy (non-hydrogen) atoms. The van der Waals surface area contributed by atoms with Crippen molar-refractivity contribution in [3.8, 4) is 5.69 Å². The van der Waals surface area contributed by atoms with Gasteiger partial charge in [0.05, 0.1) is 18.4 Å². The van der Waals surface area contributed by atoms with Gasteiger partial charge in [0, 0.05) is 10.2 Å². The average Bonchev–Trinajstić information content (AvgIpc) is 2.96. The number of aromatic nitrogens is 3. The fourth-order valence-corrected chi connectivity index (χ4v) is 2.37. The normalized spacial score (nSPS) is 10.6. The number of hydrogen-bond donors (Lipinski definition) is 1. The molecule has 0 bridgehead atoms. The maximum atomic E-state index is 13.0. The number of benzene rings is 2. The van der Waals surface area contributed by atoms with Gasteiger partial charge >= 0.3 is 0 Å². The van der Waals surface area contributed by atoms with E-state index in [4.69, 9.17) is 0 Å². The molecule has 0 amide bonds. The Kier molecular flexibility index (Phi) is 3.96. The molecule has 0 spiro atoms. The van der Waals surface area contributed by atoms with Crippen LogP contribution in [-0.4, -0.2) is 15.0 Å². The summed E-state index contributed by atoms with van der Waals surface area (Å²) in [7, 11) is 0. The first kappa shape index (κ1) is 13.8. The van der Waals surface area contributed by atoms with Crippen molar-refractivity contribution in [2.75, 3.05) is 5.32 Å². The van der Waals surface area contributed by atoms with Crippen LogP contribution in [0, 0.1) is 5.82 Å². The molecule has 0 aliphatic rings. The van der Waals surface area contributed by atoms with E-state index in [2.05, 4.69) is 31.4 Å². The largest absolute Gasteiger partial charge is 0.378 e. The standard InChI is InChI=1S/C15H12BrFN4/c16-14-8-11(17)6-7-15(14)18-9-12-10-19-21(20-12)13-4-2-1-3-5-13/h1-8,10,18H,9H2. The van der Waals surface area contributed by atoms with E-state index in [1.54, 1.807) is 17.1 Å². The van der Waals surface area contributed by atoms with Gasteiger partial charge in [-0.25, -0.2) is 4.39 Å². The van der Waals surface area contributed by atoms with Crippen molar-refractivity contribution in [3.05, 3.63) is 70.7 Å². The number of hydrogen-bond acceptors (Lipinski definition) is 3. The highest BCUT2D eigenvalue weighted by Gasteiger charge is 2.05. The van der Waals surface area contributed by atoms with Gasteiger partial charge in [-0.3, -0.25) is 0 Å². The molecule has 1 heterocycles. The number of para-hydroxylation sites is 1. The van der Waals surface area contributed by atoms with Crippen molar-refractivity contribution in [2.45, 2.75) is 6.54 Å². The highest BCUT2D eigenvalue weighted by molar-refractivity contribution is 9.10. The predicted octanol–water partition coefficient (Wildman–Crippen LogP) is 3.78. The summed E-state index contributed by atoms with van der Waals surface area (Å²) in [5.41, 5.74) is 2.52. The van der Waals surface area contributed by atoms with Crippen LogP contribution in [0.15, 0.2) is 59.2 Å². The van der Waals surface area contributed by atoms with Crippen molar-refractivity contribution in [2.24, 2.45) is 0 Å². The fraction of sp³-hybridized carbons (Fsp3) is 0.0667. The first-order valence-corrected chi connectivity index (χ1v) is 7.17. The molecule has 106 valence electrons. The summed E-state index contributed by atoms with van der Waals surface area (Å²) in [6.45, 7) is 0.511. The van der Waals surface area contributed by atoms with Crippen molar-refractivity contribution in [1.29, 1.82) is 0 Å². The van der Waals surface area contributed by atoms with E-state index in [0.717, 1.165) is 17.1 Å². The molecule has 6 heteroatoms. The van der Waals surface area contributed by atoms with Crippen molar-refractivity contribution >= 4 is 21.6 Å². The molecule has 2 aromatic carbocycles. The first-order valence-electron chi connectivity index (χ1n) is 6.38. The van der Waals surface area contributed by atoms with Crippen LogP contribution in [0.2, 0.25) is 0 Å². The highest BCUT2D eigenvalue weighted by atomic mass is 79.9. The van der Waals surface area contributed by atoms with E-state index in [9.17, 15) is 4.39 Å². The topological polar surface area (TPSA) is 42.7 Å². The smallest absolute Gasteiger partial charge is 0.124 e. The Morgan fingerprint density at radius 2 is 1.95 bits per heavy atom. The van der Waals surface area contributed by atoms with Gasteiger partial charge in [0.2, 0.25) is 0 Å². The van der Waals surface area contributed by atoms with Crippen LogP contribution in [0.25, 0.3) is 5.69 Å². The Labute approximate surface area is 129 Å². The second kappa shape index (κ2) is 6.05. The third-order valence-electron chi connectivity index (χ3n) is 2.92. The summed E-state index contributed by atoms with van der Waals surface area (Å²) < 4.78 is 13.7.